The Morgan fingerprint density at radius 3 is 2.81 bits per heavy atom. The Bertz CT molecular complexity index is 518. The molecule has 21 heavy (non-hydrogen) atoms. The fourth-order valence-corrected chi connectivity index (χ4v) is 3.17. The van der Waals surface area contributed by atoms with Crippen molar-refractivity contribution in [1.29, 1.82) is 0 Å². The van der Waals surface area contributed by atoms with Gasteiger partial charge in [0.15, 0.2) is 0 Å². The summed E-state index contributed by atoms with van der Waals surface area (Å²) in [5.41, 5.74) is 0.313. The minimum absolute atomic E-state index is 0.0516. The van der Waals surface area contributed by atoms with Crippen LogP contribution in [0, 0.1) is 10.1 Å². The molecule has 1 unspecified atom stereocenters. The first-order valence-electron chi connectivity index (χ1n) is 7.34. The number of nitrogens with one attached hydrogen (secondary N) is 1. The van der Waals surface area contributed by atoms with E-state index in [1.54, 1.807) is 12.1 Å². The molecular formula is C15H21ClN2O3. The lowest BCUT2D eigenvalue weighted by Crippen LogP contribution is -2.43. The van der Waals surface area contributed by atoms with Crippen LogP contribution in [0.25, 0.3) is 0 Å². The zero-order valence-electron chi connectivity index (χ0n) is 12.4. The maximum absolute atomic E-state index is 11.2. The summed E-state index contributed by atoms with van der Waals surface area (Å²) in [6.07, 6.45) is 3.58. The summed E-state index contributed by atoms with van der Waals surface area (Å²) in [6, 6.07) is 5.14. The molecule has 1 aliphatic heterocycles. The lowest BCUT2D eigenvalue weighted by atomic mass is 9.86. The van der Waals surface area contributed by atoms with E-state index in [9.17, 15) is 10.1 Å². The van der Waals surface area contributed by atoms with Crippen molar-refractivity contribution in [2.45, 2.75) is 51.2 Å². The predicted molar refractivity (Wildman–Crippen MR) is 84.0 cm³/mol. The highest BCUT2D eigenvalue weighted by atomic mass is 35.5. The van der Waals surface area contributed by atoms with Gasteiger partial charge in [-0.2, -0.15) is 0 Å². The highest BCUT2D eigenvalue weighted by molar-refractivity contribution is 6.33. The molecule has 0 aromatic heterocycles. The SMILES string of the molecule is CCC1(CC)CC(Nc2cccc(Cl)c2[N+](=O)[O-])CCO1. The van der Waals surface area contributed by atoms with Crippen LogP contribution in [0.5, 0.6) is 0 Å². The summed E-state index contributed by atoms with van der Waals surface area (Å²) < 4.78 is 5.93. The number of rotatable bonds is 5. The van der Waals surface area contributed by atoms with Gasteiger partial charge < -0.3 is 10.1 Å². The maximum Gasteiger partial charge on any atom is 0.310 e. The number of ether oxygens (including phenoxy) is 1. The van der Waals surface area contributed by atoms with Gasteiger partial charge in [0.1, 0.15) is 10.7 Å². The molecule has 1 saturated heterocycles. The average molecular weight is 313 g/mol. The van der Waals surface area contributed by atoms with Crippen molar-refractivity contribution in [1.82, 2.24) is 0 Å². The van der Waals surface area contributed by atoms with Crippen molar-refractivity contribution in [3.8, 4) is 0 Å². The zero-order valence-corrected chi connectivity index (χ0v) is 13.2. The number of benzene rings is 1. The van der Waals surface area contributed by atoms with Crippen LogP contribution in [0.2, 0.25) is 5.02 Å². The molecule has 1 fully saturated rings. The van der Waals surface area contributed by atoms with Crippen LogP contribution in [0.15, 0.2) is 18.2 Å². The first-order chi connectivity index (χ1) is 10.0. The van der Waals surface area contributed by atoms with Crippen molar-refractivity contribution < 1.29 is 9.66 Å². The van der Waals surface area contributed by atoms with Crippen molar-refractivity contribution in [2.75, 3.05) is 11.9 Å². The Kier molecular flexibility index (Phi) is 5.06. The van der Waals surface area contributed by atoms with Crippen LogP contribution in [0.1, 0.15) is 39.5 Å². The van der Waals surface area contributed by atoms with Gasteiger partial charge in [-0.3, -0.25) is 10.1 Å². The van der Waals surface area contributed by atoms with Gasteiger partial charge in [0.05, 0.1) is 10.5 Å². The molecule has 2 rings (SSSR count). The van der Waals surface area contributed by atoms with Crippen molar-refractivity contribution >= 4 is 23.0 Å². The van der Waals surface area contributed by atoms with Gasteiger partial charge in [-0.1, -0.05) is 31.5 Å². The van der Waals surface area contributed by atoms with Crippen LogP contribution < -0.4 is 5.32 Å². The molecule has 1 heterocycles. The normalized spacial score (nSPS) is 21.0. The summed E-state index contributed by atoms with van der Waals surface area (Å²) >= 11 is 5.95. The monoisotopic (exact) mass is 312 g/mol. The summed E-state index contributed by atoms with van der Waals surface area (Å²) in [7, 11) is 0. The zero-order chi connectivity index (χ0) is 15.5. The smallest absolute Gasteiger partial charge is 0.310 e. The van der Waals surface area contributed by atoms with Gasteiger partial charge in [0.25, 0.3) is 0 Å². The minimum Gasteiger partial charge on any atom is -0.377 e. The van der Waals surface area contributed by atoms with E-state index in [1.807, 2.05) is 0 Å². The van der Waals surface area contributed by atoms with E-state index in [4.69, 9.17) is 16.3 Å². The molecule has 1 aromatic rings. The first-order valence-corrected chi connectivity index (χ1v) is 7.72. The van der Waals surface area contributed by atoms with Gasteiger partial charge in [-0.05, 0) is 37.8 Å². The third-order valence-corrected chi connectivity index (χ3v) is 4.62. The molecule has 116 valence electrons. The molecule has 0 aliphatic carbocycles. The van der Waals surface area contributed by atoms with E-state index in [2.05, 4.69) is 19.2 Å². The second-order valence-corrected chi connectivity index (χ2v) is 5.87. The number of hydrogen-bond acceptors (Lipinski definition) is 4. The van der Waals surface area contributed by atoms with Crippen LogP contribution in [-0.2, 0) is 4.74 Å². The van der Waals surface area contributed by atoms with E-state index in [-0.39, 0.29) is 22.4 Å². The molecule has 1 atom stereocenters. The molecule has 0 amide bonds. The first kappa shape index (κ1) is 16.0. The van der Waals surface area contributed by atoms with Crippen LogP contribution >= 0.6 is 11.6 Å². The third kappa shape index (κ3) is 3.47. The van der Waals surface area contributed by atoms with Crippen LogP contribution in [0.3, 0.4) is 0 Å². The van der Waals surface area contributed by atoms with E-state index in [1.165, 1.54) is 6.07 Å². The number of hydrogen-bond donors (Lipinski definition) is 1. The Labute approximate surface area is 129 Å². The molecule has 1 aromatic carbocycles. The Morgan fingerprint density at radius 2 is 2.19 bits per heavy atom. The minimum atomic E-state index is -0.434. The molecule has 0 spiro atoms. The van der Waals surface area contributed by atoms with E-state index in [0.29, 0.717) is 12.3 Å². The standard InChI is InChI=1S/C15H21ClN2O3/c1-3-15(4-2)10-11(8-9-21-15)17-13-7-5-6-12(16)14(13)18(19)20/h5-7,11,17H,3-4,8-10H2,1-2H3. The molecule has 5 nitrogen and oxygen atoms in total. The van der Waals surface area contributed by atoms with Gasteiger partial charge in [-0.25, -0.2) is 0 Å². The Balaban J connectivity index is 2.19. The lowest BCUT2D eigenvalue weighted by Gasteiger charge is -2.40. The Morgan fingerprint density at radius 1 is 1.48 bits per heavy atom. The second-order valence-electron chi connectivity index (χ2n) is 5.47. The molecule has 6 heteroatoms. The predicted octanol–water partition coefficient (Wildman–Crippen LogP) is 4.40. The average Bonchev–Trinajstić information content (AvgIpc) is 2.47. The summed E-state index contributed by atoms with van der Waals surface area (Å²) in [5.74, 6) is 0. The number of nitro benzene ring substituents is 1. The van der Waals surface area contributed by atoms with Crippen molar-refractivity contribution in [3.63, 3.8) is 0 Å². The van der Waals surface area contributed by atoms with Crippen LogP contribution in [-0.4, -0.2) is 23.2 Å². The molecule has 0 bridgehead atoms. The number of nitrogens with zero attached hydrogens (tertiary/aromatic N) is 1. The molecular weight excluding hydrogens is 292 g/mol. The van der Waals surface area contributed by atoms with E-state index in [0.717, 1.165) is 25.7 Å². The number of nitro groups is 1. The molecule has 0 saturated carbocycles. The molecule has 1 aliphatic rings. The van der Waals surface area contributed by atoms with Gasteiger partial charge in [0.2, 0.25) is 0 Å². The number of anilines is 1. The largest absolute Gasteiger partial charge is 0.377 e. The van der Waals surface area contributed by atoms with E-state index >= 15 is 0 Å². The van der Waals surface area contributed by atoms with Crippen molar-refractivity contribution in [3.05, 3.63) is 33.3 Å². The lowest BCUT2D eigenvalue weighted by molar-refractivity contribution is -0.383. The summed E-state index contributed by atoms with van der Waals surface area (Å²) in [5, 5.41) is 14.6. The fraction of sp³-hybridized carbons (Fsp3) is 0.600. The van der Waals surface area contributed by atoms with Gasteiger partial charge >= 0.3 is 5.69 Å². The number of para-hydroxylation sites is 1. The van der Waals surface area contributed by atoms with Crippen molar-refractivity contribution in [2.24, 2.45) is 0 Å². The van der Waals surface area contributed by atoms with E-state index < -0.39 is 4.92 Å². The topological polar surface area (TPSA) is 64.4 Å². The summed E-state index contributed by atoms with van der Waals surface area (Å²) in [6.45, 7) is 4.91. The summed E-state index contributed by atoms with van der Waals surface area (Å²) in [4.78, 5) is 10.7. The molecule has 1 N–H and O–H groups in total. The maximum atomic E-state index is 11.2. The fourth-order valence-electron chi connectivity index (χ4n) is 2.93. The highest BCUT2D eigenvalue weighted by Gasteiger charge is 2.35. The molecule has 0 radical (unpaired) electrons. The van der Waals surface area contributed by atoms with Crippen LogP contribution in [0.4, 0.5) is 11.4 Å². The highest BCUT2D eigenvalue weighted by Crippen LogP contribution is 2.36. The third-order valence-electron chi connectivity index (χ3n) is 4.31. The quantitative estimate of drug-likeness (QED) is 0.646. The van der Waals surface area contributed by atoms with Gasteiger partial charge in [0, 0.05) is 12.6 Å². The second kappa shape index (κ2) is 6.62. The van der Waals surface area contributed by atoms with Gasteiger partial charge in [-0.15, -0.1) is 0 Å². The number of halogens is 1. The Hall–Kier alpha value is -1.33.